The van der Waals surface area contributed by atoms with Gasteiger partial charge < -0.3 is 10.5 Å². The van der Waals surface area contributed by atoms with E-state index in [4.69, 9.17) is 10.5 Å². The molecular weight excluding hydrogens is 220 g/mol. The summed E-state index contributed by atoms with van der Waals surface area (Å²) in [4.78, 5) is 23.9. The third-order valence-electron chi connectivity index (χ3n) is 2.79. The molecule has 0 radical (unpaired) electrons. The molecule has 5 nitrogen and oxygen atoms in total. The Morgan fingerprint density at radius 3 is 2.59 bits per heavy atom. The van der Waals surface area contributed by atoms with Gasteiger partial charge in [0, 0.05) is 6.54 Å². The standard InChI is InChI=1S/C12H14N2O3/c13-11(15)10-6-7-14(10)12(16)17-8-9-4-2-1-3-5-9/h1-5,10H,6-8H2,(H2,13,15)/t10-/m1/s1. The van der Waals surface area contributed by atoms with Gasteiger partial charge in [-0.1, -0.05) is 30.3 Å². The van der Waals surface area contributed by atoms with Crippen LogP contribution < -0.4 is 5.73 Å². The maximum atomic E-state index is 11.6. The predicted octanol–water partition coefficient (Wildman–Crippen LogP) is 0.883. The van der Waals surface area contributed by atoms with Gasteiger partial charge in [-0.15, -0.1) is 0 Å². The number of primary amides is 1. The fourth-order valence-electron chi connectivity index (χ4n) is 1.70. The predicted molar refractivity (Wildman–Crippen MR) is 60.9 cm³/mol. The van der Waals surface area contributed by atoms with Crippen molar-refractivity contribution < 1.29 is 14.3 Å². The van der Waals surface area contributed by atoms with E-state index in [2.05, 4.69) is 0 Å². The Labute approximate surface area is 99.2 Å². The summed E-state index contributed by atoms with van der Waals surface area (Å²) in [5.74, 6) is -0.479. The van der Waals surface area contributed by atoms with Gasteiger partial charge in [0.15, 0.2) is 0 Å². The molecule has 2 N–H and O–H groups in total. The van der Waals surface area contributed by atoms with Crippen LogP contribution in [0.25, 0.3) is 0 Å². The summed E-state index contributed by atoms with van der Waals surface area (Å²) in [7, 11) is 0. The lowest BCUT2D eigenvalue weighted by Gasteiger charge is -2.37. The van der Waals surface area contributed by atoms with E-state index in [-0.39, 0.29) is 6.61 Å². The van der Waals surface area contributed by atoms with Gasteiger partial charge in [-0.05, 0) is 12.0 Å². The van der Waals surface area contributed by atoms with Crippen molar-refractivity contribution >= 4 is 12.0 Å². The molecule has 1 fully saturated rings. The second-order valence-corrected chi connectivity index (χ2v) is 3.94. The Balaban J connectivity index is 1.84. The van der Waals surface area contributed by atoms with Crippen LogP contribution in [0.15, 0.2) is 30.3 Å². The molecule has 1 aromatic carbocycles. The van der Waals surface area contributed by atoms with Gasteiger partial charge in [0.2, 0.25) is 5.91 Å². The number of hydrogen-bond acceptors (Lipinski definition) is 3. The molecule has 1 aliphatic rings. The molecular formula is C12H14N2O3. The zero-order chi connectivity index (χ0) is 12.3. The van der Waals surface area contributed by atoms with Crippen molar-refractivity contribution in [1.82, 2.24) is 4.90 Å². The van der Waals surface area contributed by atoms with Crippen molar-refractivity contribution in [3.05, 3.63) is 35.9 Å². The van der Waals surface area contributed by atoms with Gasteiger partial charge in [-0.2, -0.15) is 0 Å². The number of benzene rings is 1. The van der Waals surface area contributed by atoms with Gasteiger partial charge in [0.05, 0.1) is 0 Å². The smallest absolute Gasteiger partial charge is 0.410 e. The summed E-state index contributed by atoms with van der Waals surface area (Å²) in [5.41, 5.74) is 6.06. The molecule has 0 aromatic heterocycles. The molecule has 1 aromatic rings. The van der Waals surface area contributed by atoms with Crippen LogP contribution in [0.4, 0.5) is 4.79 Å². The molecule has 5 heteroatoms. The molecule has 0 spiro atoms. The first-order valence-electron chi connectivity index (χ1n) is 5.45. The number of nitrogens with zero attached hydrogens (tertiary/aromatic N) is 1. The minimum Gasteiger partial charge on any atom is -0.445 e. The minimum atomic E-state index is -0.502. The Morgan fingerprint density at radius 1 is 1.35 bits per heavy atom. The van der Waals surface area contributed by atoms with E-state index in [9.17, 15) is 9.59 Å². The number of amides is 2. The zero-order valence-electron chi connectivity index (χ0n) is 9.33. The summed E-state index contributed by atoms with van der Waals surface area (Å²) >= 11 is 0. The number of ether oxygens (including phenoxy) is 1. The number of carbonyl (C=O) groups excluding carboxylic acids is 2. The highest BCUT2D eigenvalue weighted by atomic mass is 16.6. The number of rotatable bonds is 3. The highest BCUT2D eigenvalue weighted by molar-refractivity contribution is 5.85. The molecule has 1 saturated heterocycles. The van der Waals surface area contributed by atoms with E-state index in [1.807, 2.05) is 30.3 Å². The van der Waals surface area contributed by atoms with Crippen LogP contribution in [-0.4, -0.2) is 29.5 Å². The Bertz CT molecular complexity index is 419. The average Bonchev–Trinajstić information content (AvgIpc) is 2.25. The third kappa shape index (κ3) is 2.55. The SMILES string of the molecule is NC(=O)[C@H]1CCN1C(=O)OCc1ccccc1. The number of nitrogens with two attached hydrogens (primary N) is 1. The zero-order valence-corrected chi connectivity index (χ0v) is 9.33. The molecule has 1 heterocycles. The first-order chi connectivity index (χ1) is 8.18. The van der Waals surface area contributed by atoms with Crippen molar-refractivity contribution in [3.63, 3.8) is 0 Å². The fourth-order valence-corrected chi connectivity index (χ4v) is 1.70. The quantitative estimate of drug-likeness (QED) is 0.843. The van der Waals surface area contributed by atoms with Crippen LogP contribution in [0.2, 0.25) is 0 Å². The Kier molecular flexibility index (Phi) is 3.27. The molecule has 17 heavy (non-hydrogen) atoms. The highest BCUT2D eigenvalue weighted by Crippen LogP contribution is 2.18. The number of likely N-dealkylation sites (tertiary alicyclic amines) is 1. The van der Waals surface area contributed by atoms with Crippen LogP contribution in [0.5, 0.6) is 0 Å². The van der Waals surface area contributed by atoms with E-state index >= 15 is 0 Å². The lowest BCUT2D eigenvalue weighted by molar-refractivity contribution is -0.126. The van der Waals surface area contributed by atoms with Gasteiger partial charge in [-0.25, -0.2) is 4.79 Å². The van der Waals surface area contributed by atoms with Crippen LogP contribution in [0, 0.1) is 0 Å². The van der Waals surface area contributed by atoms with Crippen LogP contribution >= 0.6 is 0 Å². The topological polar surface area (TPSA) is 72.6 Å². The lowest BCUT2D eigenvalue weighted by atomic mass is 10.0. The molecule has 0 unspecified atom stereocenters. The maximum Gasteiger partial charge on any atom is 0.410 e. The van der Waals surface area contributed by atoms with Crippen LogP contribution in [0.1, 0.15) is 12.0 Å². The van der Waals surface area contributed by atoms with Crippen molar-refractivity contribution in [1.29, 1.82) is 0 Å². The second-order valence-electron chi connectivity index (χ2n) is 3.94. The molecule has 1 atom stereocenters. The Hall–Kier alpha value is -2.04. The number of hydrogen-bond donors (Lipinski definition) is 1. The molecule has 0 aliphatic carbocycles. The van der Waals surface area contributed by atoms with E-state index in [1.165, 1.54) is 4.90 Å². The van der Waals surface area contributed by atoms with Crippen molar-refractivity contribution in [3.8, 4) is 0 Å². The van der Waals surface area contributed by atoms with Crippen molar-refractivity contribution in [2.24, 2.45) is 5.73 Å². The Morgan fingerprint density at radius 2 is 2.06 bits per heavy atom. The normalized spacial score (nSPS) is 18.4. The third-order valence-corrected chi connectivity index (χ3v) is 2.79. The van der Waals surface area contributed by atoms with Gasteiger partial charge >= 0.3 is 6.09 Å². The summed E-state index contributed by atoms with van der Waals surface area (Å²) < 4.78 is 5.09. The molecule has 0 bridgehead atoms. The molecule has 2 rings (SSSR count). The largest absolute Gasteiger partial charge is 0.445 e. The van der Waals surface area contributed by atoms with Crippen molar-refractivity contribution in [2.75, 3.05) is 6.54 Å². The summed E-state index contributed by atoms with van der Waals surface area (Å²) in [6.45, 7) is 0.739. The lowest BCUT2D eigenvalue weighted by Crippen LogP contribution is -2.57. The monoisotopic (exact) mass is 234 g/mol. The van der Waals surface area contributed by atoms with Crippen LogP contribution in [-0.2, 0) is 16.1 Å². The molecule has 90 valence electrons. The molecule has 1 aliphatic heterocycles. The van der Waals surface area contributed by atoms with Crippen LogP contribution in [0.3, 0.4) is 0 Å². The maximum absolute atomic E-state index is 11.6. The second kappa shape index (κ2) is 4.86. The highest BCUT2D eigenvalue weighted by Gasteiger charge is 2.37. The first kappa shape index (κ1) is 11.4. The fraction of sp³-hybridized carbons (Fsp3) is 0.333. The van der Waals surface area contributed by atoms with Gasteiger partial charge in [0.1, 0.15) is 12.6 Å². The number of carbonyl (C=O) groups is 2. The first-order valence-corrected chi connectivity index (χ1v) is 5.45. The molecule has 2 amide bonds. The van der Waals surface area contributed by atoms with Crippen molar-refractivity contribution in [2.45, 2.75) is 19.1 Å². The van der Waals surface area contributed by atoms with E-state index in [1.54, 1.807) is 0 Å². The summed E-state index contributed by atoms with van der Waals surface area (Å²) in [5, 5.41) is 0. The average molecular weight is 234 g/mol. The minimum absolute atomic E-state index is 0.210. The van der Waals surface area contributed by atoms with E-state index in [0.29, 0.717) is 13.0 Å². The summed E-state index contributed by atoms with van der Waals surface area (Å²) in [6, 6.07) is 8.88. The van der Waals surface area contributed by atoms with Gasteiger partial charge in [-0.3, -0.25) is 9.69 Å². The van der Waals surface area contributed by atoms with Gasteiger partial charge in [0.25, 0.3) is 0 Å². The summed E-state index contributed by atoms with van der Waals surface area (Å²) in [6.07, 6.45) is 0.138. The van der Waals surface area contributed by atoms with E-state index < -0.39 is 18.0 Å². The molecule has 0 saturated carbocycles. The van der Waals surface area contributed by atoms with E-state index in [0.717, 1.165) is 5.56 Å².